The maximum absolute atomic E-state index is 15.3. The Morgan fingerprint density at radius 2 is 1.81 bits per heavy atom. The van der Waals surface area contributed by atoms with Crippen molar-refractivity contribution in [2.24, 2.45) is 5.92 Å². The molecule has 0 aromatic heterocycles. The van der Waals surface area contributed by atoms with E-state index in [2.05, 4.69) is 6.92 Å². The lowest BCUT2D eigenvalue weighted by Crippen LogP contribution is -2.16. The summed E-state index contributed by atoms with van der Waals surface area (Å²) >= 11 is 0. The molecule has 0 amide bonds. The van der Waals surface area contributed by atoms with Gasteiger partial charge in [-0.15, -0.1) is 0 Å². The Labute approximate surface area is 153 Å². The molecule has 0 unspecified atom stereocenters. The topological polar surface area (TPSA) is 9.23 Å². The molecule has 0 atom stereocenters. The van der Waals surface area contributed by atoms with Crippen LogP contribution in [0.2, 0.25) is 0 Å². The standard InChI is InChI=1S/C22H27F3O/c1-3-5-15-6-9-16(10-7-15)20-19(26-22(24)25)13-17-12-14(4-2)8-11-18(17)21(20)23/h8,11-13,15-16,22H,3-7,9-10H2,1-2H3. The fourth-order valence-electron chi connectivity index (χ4n) is 4.35. The van der Waals surface area contributed by atoms with Gasteiger partial charge in [0.25, 0.3) is 0 Å². The average molecular weight is 364 g/mol. The normalized spacial score (nSPS) is 20.7. The molecule has 0 saturated heterocycles. The molecule has 0 bridgehead atoms. The van der Waals surface area contributed by atoms with Gasteiger partial charge in [0.15, 0.2) is 0 Å². The van der Waals surface area contributed by atoms with Gasteiger partial charge in [-0.1, -0.05) is 44.9 Å². The fourth-order valence-corrected chi connectivity index (χ4v) is 4.35. The quantitative estimate of drug-likeness (QED) is 0.526. The van der Waals surface area contributed by atoms with E-state index in [0.717, 1.165) is 44.1 Å². The lowest BCUT2D eigenvalue weighted by molar-refractivity contribution is -0.0508. The minimum atomic E-state index is -2.95. The Morgan fingerprint density at radius 3 is 2.42 bits per heavy atom. The van der Waals surface area contributed by atoms with Gasteiger partial charge in [-0.3, -0.25) is 0 Å². The maximum atomic E-state index is 15.3. The first-order valence-corrected chi connectivity index (χ1v) is 9.73. The van der Waals surface area contributed by atoms with Crippen molar-refractivity contribution in [2.75, 3.05) is 0 Å². The number of aryl methyl sites for hydroxylation is 1. The van der Waals surface area contributed by atoms with Crippen LogP contribution in [0, 0.1) is 11.7 Å². The maximum Gasteiger partial charge on any atom is 0.387 e. The molecule has 0 spiro atoms. The summed E-state index contributed by atoms with van der Waals surface area (Å²) in [5.41, 5.74) is 1.39. The zero-order valence-corrected chi connectivity index (χ0v) is 15.5. The number of halogens is 3. The molecule has 0 N–H and O–H groups in total. The Morgan fingerprint density at radius 1 is 1.08 bits per heavy atom. The number of hydrogen-bond acceptors (Lipinski definition) is 1. The van der Waals surface area contributed by atoms with Crippen LogP contribution in [0.5, 0.6) is 5.75 Å². The van der Waals surface area contributed by atoms with Crippen molar-refractivity contribution in [1.29, 1.82) is 0 Å². The van der Waals surface area contributed by atoms with Crippen LogP contribution in [0.3, 0.4) is 0 Å². The first-order chi connectivity index (χ1) is 12.5. The van der Waals surface area contributed by atoms with E-state index in [0.29, 0.717) is 22.3 Å². The molecule has 142 valence electrons. The number of fused-ring (bicyclic) bond motifs is 1. The van der Waals surface area contributed by atoms with Crippen LogP contribution in [0.1, 0.15) is 69.4 Å². The van der Waals surface area contributed by atoms with Crippen LogP contribution >= 0.6 is 0 Å². The number of alkyl halides is 2. The molecule has 0 aliphatic heterocycles. The Kier molecular flexibility index (Phi) is 6.10. The first-order valence-electron chi connectivity index (χ1n) is 9.73. The Bertz CT molecular complexity index is 749. The molecule has 2 aromatic carbocycles. The van der Waals surface area contributed by atoms with Crippen molar-refractivity contribution in [1.82, 2.24) is 0 Å². The van der Waals surface area contributed by atoms with Crippen LogP contribution in [0.25, 0.3) is 10.8 Å². The van der Waals surface area contributed by atoms with E-state index in [1.165, 1.54) is 6.42 Å². The zero-order valence-electron chi connectivity index (χ0n) is 15.5. The van der Waals surface area contributed by atoms with Gasteiger partial charge in [0.2, 0.25) is 0 Å². The van der Waals surface area contributed by atoms with Crippen molar-refractivity contribution < 1.29 is 17.9 Å². The van der Waals surface area contributed by atoms with Gasteiger partial charge in [0.1, 0.15) is 11.6 Å². The van der Waals surface area contributed by atoms with Crippen molar-refractivity contribution in [3.63, 3.8) is 0 Å². The summed E-state index contributed by atoms with van der Waals surface area (Å²) in [5.74, 6) is 0.246. The second-order valence-corrected chi connectivity index (χ2v) is 7.40. The molecule has 0 heterocycles. The number of ether oxygens (including phenoxy) is 1. The van der Waals surface area contributed by atoms with Crippen LogP contribution in [-0.4, -0.2) is 6.61 Å². The highest BCUT2D eigenvalue weighted by atomic mass is 19.3. The molecule has 0 radical (unpaired) electrons. The van der Waals surface area contributed by atoms with Gasteiger partial charge in [-0.2, -0.15) is 8.78 Å². The van der Waals surface area contributed by atoms with E-state index in [9.17, 15) is 8.78 Å². The summed E-state index contributed by atoms with van der Waals surface area (Å²) < 4.78 is 46.0. The molecular formula is C22H27F3O. The van der Waals surface area contributed by atoms with Crippen molar-refractivity contribution >= 4 is 10.8 Å². The highest BCUT2D eigenvalue weighted by Gasteiger charge is 2.29. The molecule has 1 saturated carbocycles. The van der Waals surface area contributed by atoms with Gasteiger partial charge < -0.3 is 4.74 Å². The minimum Gasteiger partial charge on any atom is -0.434 e. The lowest BCUT2D eigenvalue weighted by atomic mass is 9.76. The summed E-state index contributed by atoms with van der Waals surface area (Å²) in [4.78, 5) is 0. The summed E-state index contributed by atoms with van der Waals surface area (Å²) in [6.45, 7) is 1.24. The van der Waals surface area contributed by atoms with Crippen molar-refractivity contribution in [3.8, 4) is 5.75 Å². The molecule has 4 heteroatoms. The minimum absolute atomic E-state index is 0.0113. The number of rotatable bonds is 6. The van der Waals surface area contributed by atoms with Crippen LogP contribution < -0.4 is 4.74 Å². The van der Waals surface area contributed by atoms with Gasteiger partial charge in [-0.05, 0) is 61.0 Å². The van der Waals surface area contributed by atoms with E-state index in [1.807, 2.05) is 19.1 Å². The van der Waals surface area contributed by atoms with E-state index in [4.69, 9.17) is 4.74 Å². The fraction of sp³-hybridized carbons (Fsp3) is 0.545. The highest BCUT2D eigenvalue weighted by Crippen LogP contribution is 2.44. The molecule has 1 nitrogen and oxygen atoms in total. The molecule has 26 heavy (non-hydrogen) atoms. The van der Waals surface area contributed by atoms with E-state index in [1.54, 1.807) is 12.1 Å². The predicted octanol–water partition coefficient (Wildman–Crippen LogP) is 7.22. The molecular weight excluding hydrogens is 337 g/mol. The molecule has 3 rings (SSSR count). The van der Waals surface area contributed by atoms with Crippen LogP contribution in [0.15, 0.2) is 24.3 Å². The third-order valence-corrected chi connectivity index (χ3v) is 5.72. The Hall–Kier alpha value is -1.71. The summed E-state index contributed by atoms with van der Waals surface area (Å²) in [6, 6.07) is 7.12. The van der Waals surface area contributed by atoms with E-state index >= 15 is 4.39 Å². The van der Waals surface area contributed by atoms with Crippen molar-refractivity contribution in [3.05, 3.63) is 41.2 Å². The third kappa shape index (κ3) is 3.99. The summed E-state index contributed by atoms with van der Waals surface area (Å²) in [6.07, 6.45) is 6.87. The summed E-state index contributed by atoms with van der Waals surface area (Å²) in [5, 5.41) is 1.12. The van der Waals surface area contributed by atoms with E-state index in [-0.39, 0.29) is 17.5 Å². The lowest BCUT2D eigenvalue weighted by Gasteiger charge is -2.30. The van der Waals surface area contributed by atoms with E-state index < -0.39 is 6.61 Å². The third-order valence-electron chi connectivity index (χ3n) is 5.72. The highest BCUT2D eigenvalue weighted by molar-refractivity contribution is 5.86. The monoisotopic (exact) mass is 364 g/mol. The molecule has 2 aromatic rings. The smallest absolute Gasteiger partial charge is 0.387 e. The number of benzene rings is 2. The largest absolute Gasteiger partial charge is 0.434 e. The molecule has 1 aliphatic rings. The Balaban J connectivity index is 2.00. The van der Waals surface area contributed by atoms with Gasteiger partial charge in [-0.25, -0.2) is 4.39 Å². The first kappa shape index (κ1) is 19.1. The zero-order chi connectivity index (χ0) is 18.7. The SMILES string of the molecule is CCCC1CCC(c2c(OC(F)F)cc3cc(CC)ccc3c2F)CC1. The molecule has 1 aliphatic carbocycles. The van der Waals surface area contributed by atoms with Crippen LogP contribution in [-0.2, 0) is 6.42 Å². The second-order valence-electron chi connectivity index (χ2n) is 7.40. The van der Waals surface area contributed by atoms with Gasteiger partial charge >= 0.3 is 6.61 Å². The second kappa shape index (κ2) is 8.32. The number of hydrogen-bond donors (Lipinski definition) is 0. The predicted molar refractivity (Wildman–Crippen MR) is 99.5 cm³/mol. The van der Waals surface area contributed by atoms with Gasteiger partial charge in [0, 0.05) is 10.9 Å². The van der Waals surface area contributed by atoms with Gasteiger partial charge in [0.05, 0.1) is 0 Å². The van der Waals surface area contributed by atoms with Crippen molar-refractivity contribution in [2.45, 2.75) is 71.3 Å². The molecule has 1 fully saturated rings. The average Bonchev–Trinajstić information content (AvgIpc) is 2.62. The van der Waals surface area contributed by atoms with Crippen LogP contribution in [0.4, 0.5) is 13.2 Å². The summed E-state index contributed by atoms with van der Waals surface area (Å²) in [7, 11) is 0.